The van der Waals surface area contributed by atoms with Crippen molar-refractivity contribution in [1.82, 2.24) is 5.43 Å². The first-order valence-electron chi connectivity index (χ1n) is 6.86. The van der Waals surface area contributed by atoms with E-state index in [2.05, 4.69) is 10.4 Å². The molecule has 0 radical (unpaired) electrons. The Labute approximate surface area is 140 Å². The van der Waals surface area contributed by atoms with Crippen molar-refractivity contribution in [2.45, 2.75) is 6.18 Å². The number of nitrogens with zero attached hydrogens (tertiary/aromatic N) is 1. The van der Waals surface area contributed by atoms with E-state index in [0.717, 1.165) is 24.3 Å². The van der Waals surface area contributed by atoms with Gasteiger partial charge in [-0.1, -0.05) is 0 Å². The molecule has 0 atom stereocenters. The van der Waals surface area contributed by atoms with E-state index in [4.69, 9.17) is 5.11 Å². The van der Waals surface area contributed by atoms with Crippen LogP contribution >= 0.6 is 0 Å². The molecule has 130 valence electrons. The van der Waals surface area contributed by atoms with E-state index in [9.17, 15) is 22.8 Å². The molecule has 0 aromatic heterocycles. The minimum absolute atomic E-state index is 0.0377. The molecular formula is C16H12F3N3O3. The summed E-state index contributed by atoms with van der Waals surface area (Å²) in [5.74, 6) is -2.10. The van der Waals surface area contributed by atoms with Crippen LogP contribution in [0.5, 0.6) is 5.75 Å². The Morgan fingerprint density at radius 1 is 0.960 bits per heavy atom. The van der Waals surface area contributed by atoms with E-state index >= 15 is 0 Å². The maximum absolute atomic E-state index is 12.4. The topological polar surface area (TPSA) is 90.8 Å². The van der Waals surface area contributed by atoms with Gasteiger partial charge in [-0.05, 0) is 54.1 Å². The molecular weight excluding hydrogens is 339 g/mol. The molecule has 2 aromatic carbocycles. The number of hydrogen-bond donors (Lipinski definition) is 3. The number of carbonyl (C=O) groups is 2. The van der Waals surface area contributed by atoms with E-state index < -0.39 is 23.6 Å². The van der Waals surface area contributed by atoms with Crippen LogP contribution in [-0.4, -0.2) is 23.1 Å². The normalized spacial score (nSPS) is 11.3. The number of anilines is 1. The van der Waals surface area contributed by atoms with Crippen LogP contribution in [-0.2, 0) is 15.8 Å². The third-order valence-corrected chi connectivity index (χ3v) is 2.95. The Bertz CT molecular complexity index is 785. The van der Waals surface area contributed by atoms with E-state index in [1.807, 2.05) is 5.43 Å². The summed E-state index contributed by atoms with van der Waals surface area (Å²) in [6.07, 6.45) is -3.23. The molecule has 9 heteroatoms. The molecule has 0 bridgehead atoms. The summed E-state index contributed by atoms with van der Waals surface area (Å²) in [7, 11) is 0. The molecule has 0 spiro atoms. The quantitative estimate of drug-likeness (QED) is 0.451. The molecule has 0 unspecified atom stereocenters. The number of hydrazone groups is 1. The number of amides is 2. The van der Waals surface area contributed by atoms with Gasteiger partial charge in [0.1, 0.15) is 5.75 Å². The van der Waals surface area contributed by atoms with Crippen molar-refractivity contribution in [3.63, 3.8) is 0 Å². The van der Waals surface area contributed by atoms with E-state index in [1.54, 1.807) is 0 Å². The van der Waals surface area contributed by atoms with Crippen molar-refractivity contribution in [1.29, 1.82) is 0 Å². The number of aromatic hydroxyl groups is 1. The molecule has 2 rings (SSSR count). The van der Waals surface area contributed by atoms with Gasteiger partial charge < -0.3 is 10.4 Å². The summed E-state index contributed by atoms with van der Waals surface area (Å²) in [6, 6.07) is 9.55. The minimum Gasteiger partial charge on any atom is -0.508 e. The molecule has 0 heterocycles. The van der Waals surface area contributed by atoms with Gasteiger partial charge >= 0.3 is 18.0 Å². The van der Waals surface area contributed by atoms with Crippen molar-refractivity contribution < 1.29 is 27.9 Å². The predicted octanol–water partition coefficient (Wildman–Crippen LogP) is 2.50. The molecule has 2 amide bonds. The SMILES string of the molecule is O=C(N/N=C/c1ccc(O)cc1)C(=O)Nc1ccc(C(F)(F)F)cc1. The van der Waals surface area contributed by atoms with Gasteiger partial charge in [-0.25, -0.2) is 5.43 Å². The van der Waals surface area contributed by atoms with Crippen LogP contribution in [0.2, 0.25) is 0 Å². The number of benzene rings is 2. The number of alkyl halides is 3. The largest absolute Gasteiger partial charge is 0.508 e. The first kappa shape index (κ1) is 18.0. The smallest absolute Gasteiger partial charge is 0.416 e. The van der Waals surface area contributed by atoms with Crippen LogP contribution in [0, 0.1) is 0 Å². The summed E-state index contributed by atoms with van der Waals surface area (Å²) in [5, 5.41) is 14.8. The average molecular weight is 351 g/mol. The summed E-state index contributed by atoms with van der Waals surface area (Å²) in [5.41, 5.74) is 1.72. The molecule has 6 nitrogen and oxygen atoms in total. The number of hydrogen-bond acceptors (Lipinski definition) is 4. The second-order valence-corrected chi connectivity index (χ2v) is 4.82. The molecule has 3 N–H and O–H groups in total. The summed E-state index contributed by atoms with van der Waals surface area (Å²) in [6.45, 7) is 0. The second kappa shape index (κ2) is 7.47. The highest BCUT2D eigenvalue weighted by Gasteiger charge is 2.30. The van der Waals surface area contributed by atoms with Crippen molar-refractivity contribution in [3.8, 4) is 5.75 Å². The zero-order chi connectivity index (χ0) is 18.4. The summed E-state index contributed by atoms with van der Waals surface area (Å²) in [4.78, 5) is 23.2. The second-order valence-electron chi connectivity index (χ2n) is 4.82. The Morgan fingerprint density at radius 2 is 1.56 bits per heavy atom. The number of phenolic OH excluding ortho intramolecular Hbond substituents is 1. The minimum atomic E-state index is -4.48. The zero-order valence-electron chi connectivity index (χ0n) is 12.5. The highest BCUT2D eigenvalue weighted by molar-refractivity contribution is 6.39. The van der Waals surface area contributed by atoms with E-state index in [1.165, 1.54) is 30.5 Å². The average Bonchev–Trinajstić information content (AvgIpc) is 2.56. The lowest BCUT2D eigenvalue weighted by Crippen LogP contribution is -2.32. The third kappa shape index (κ3) is 5.34. The molecule has 0 saturated heterocycles. The number of nitrogens with one attached hydrogen (secondary N) is 2. The standard InChI is InChI=1S/C16H12F3N3O3/c17-16(18,19)11-3-5-12(6-4-11)21-14(24)15(25)22-20-9-10-1-7-13(23)8-2-10/h1-9,23H,(H,21,24)(H,22,25)/b20-9+. The lowest BCUT2D eigenvalue weighted by Gasteiger charge is -2.08. The van der Waals surface area contributed by atoms with Gasteiger partial charge in [-0.15, -0.1) is 0 Å². The predicted molar refractivity (Wildman–Crippen MR) is 83.9 cm³/mol. The fourth-order valence-electron chi connectivity index (χ4n) is 1.71. The van der Waals surface area contributed by atoms with E-state index in [0.29, 0.717) is 5.56 Å². The Balaban J connectivity index is 1.89. The van der Waals surface area contributed by atoms with Gasteiger partial charge in [0.25, 0.3) is 0 Å². The molecule has 0 aliphatic carbocycles. The van der Waals surface area contributed by atoms with Gasteiger partial charge in [0.15, 0.2) is 0 Å². The van der Waals surface area contributed by atoms with Crippen LogP contribution in [0.1, 0.15) is 11.1 Å². The molecule has 2 aromatic rings. The summed E-state index contributed by atoms with van der Waals surface area (Å²) >= 11 is 0. The summed E-state index contributed by atoms with van der Waals surface area (Å²) < 4.78 is 37.3. The molecule has 0 fully saturated rings. The molecule has 25 heavy (non-hydrogen) atoms. The highest BCUT2D eigenvalue weighted by atomic mass is 19.4. The maximum Gasteiger partial charge on any atom is 0.416 e. The van der Waals surface area contributed by atoms with Crippen LogP contribution in [0.25, 0.3) is 0 Å². The fraction of sp³-hybridized carbons (Fsp3) is 0.0625. The Kier molecular flexibility index (Phi) is 5.38. The molecule has 0 saturated carbocycles. The number of rotatable bonds is 3. The lowest BCUT2D eigenvalue weighted by molar-refractivity contribution is -0.137. The monoisotopic (exact) mass is 351 g/mol. The number of halogens is 3. The zero-order valence-corrected chi connectivity index (χ0v) is 12.5. The van der Waals surface area contributed by atoms with Crippen LogP contribution < -0.4 is 10.7 Å². The molecule has 0 aliphatic rings. The van der Waals surface area contributed by atoms with Gasteiger partial charge in [0.2, 0.25) is 0 Å². The van der Waals surface area contributed by atoms with Gasteiger partial charge in [0, 0.05) is 5.69 Å². The fourth-order valence-corrected chi connectivity index (χ4v) is 1.71. The van der Waals surface area contributed by atoms with Crippen molar-refractivity contribution >= 4 is 23.7 Å². The first-order chi connectivity index (χ1) is 11.8. The van der Waals surface area contributed by atoms with Crippen LogP contribution in [0.4, 0.5) is 18.9 Å². The number of phenols is 1. The van der Waals surface area contributed by atoms with Crippen LogP contribution in [0.3, 0.4) is 0 Å². The van der Waals surface area contributed by atoms with Gasteiger partial charge in [0.05, 0.1) is 11.8 Å². The van der Waals surface area contributed by atoms with Gasteiger partial charge in [-0.3, -0.25) is 9.59 Å². The van der Waals surface area contributed by atoms with Crippen molar-refractivity contribution in [2.24, 2.45) is 5.10 Å². The highest BCUT2D eigenvalue weighted by Crippen LogP contribution is 2.29. The van der Waals surface area contributed by atoms with E-state index in [-0.39, 0.29) is 11.4 Å². The third-order valence-electron chi connectivity index (χ3n) is 2.95. The van der Waals surface area contributed by atoms with Crippen molar-refractivity contribution in [2.75, 3.05) is 5.32 Å². The first-order valence-corrected chi connectivity index (χ1v) is 6.86. The Morgan fingerprint density at radius 3 is 2.12 bits per heavy atom. The lowest BCUT2D eigenvalue weighted by atomic mass is 10.2. The van der Waals surface area contributed by atoms with Crippen LogP contribution in [0.15, 0.2) is 53.6 Å². The maximum atomic E-state index is 12.4. The van der Waals surface area contributed by atoms with Gasteiger partial charge in [-0.2, -0.15) is 18.3 Å². The number of carbonyl (C=O) groups excluding carboxylic acids is 2. The molecule has 0 aliphatic heterocycles. The van der Waals surface area contributed by atoms with Crippen molar-refractivity contribution in [3.05, 3.63) is 59.7 Å². The Hall–Kier alpha value is -3.36.